The van der Waals surface area contributed by atoms with Crippen LogP contribution in [0.3, 0.4) is 0 Å². The molecule has 2 nitrogen and oxygen atoms in total. The summed E-state index contributed by atoms with van der Waals surface area (Å²) in [5.74, 6) is -0.142. The van der Waals surface area contributed by atoms with Crippen molar-refractivity contribution in [3.05, 3.63) is 71.8 Å². The van der Waals surface area contributed by atoms with E-state index in [-0.39, 0.29) is 12.1 Å². The molecule has 148 valence electrons. The average Bonchev–Trinajstić information content (AvgIpc) is 2.70. The molecular weight excluding hydrogens is 332 g/mol. The van der Waals surface area contributed by atoms with Crippen molar-refractivity contribution in [2.75, 3.05) is 0 Å². The van der Waals surface area contributed by atoms with Crippen LogP contribution in [-0.2, 0) is 14.9 Å². The maximum absolute atomic E-state index is 13.3. The Labute approximate surface area is 166 Å². The summed E-state index contributed by atoms with van der Waals surface area (Å²) in [7, 11) is 0. The SMILES string of the molecule is CC.CCCCCCC(C(=O)OC(C)C)(c1ccccc1)c1ccccc1. The van der Waals surface area contributed by atoms with Crippen LogP contribution in [0.2, 0.25) is 0 Å². The van der Waals surface area contributed by atoms with Crippen LogP contribution in [0, 0.1) is 0 Å². The lowest BCUT2D eigenvalue weighted by molar-refractivity contribution is -0.153. The molecule has 2 rings (SSSR count). The highest BCUT2D eigenvalue weighted by molar-refractivity contribution is 5.87. The second-order valence-corrected chi connectivity index (χ2v) is 6.90. The zero-order valence-corrected chi connectivity index (χ0v) is 17.7. The highest BCUT2D eigenvalue weighted by Crippen LogP contribution is 2.39. The van der Waals surface area contributed by atoms with E-state index < -0.39 is 5.41 Å². The number of esters is 1. The number of carbonyl (C=O) groups excluding carboxylic acids is 1. The van der Waals surface area contributed by atoms with Gasteiger partial charge in [-0.05, 0) is 31.4 Å². The molecular formula is C25H36O2. The van der Waals surface area contributed by atoms with Gasteiger partial charge in [-0.15, -0.1) is 0 Å². The number of rotatable bonds is 9. The molecule has 0 saturated heterocycles. The van der Waals surface area contributed by atoms with Crippen LogP contribution < -0.4 is 0 Å². The van der Waals surface area contributed by atoms with E-state index in [4.69, 9.17) is 4.74 Å². The standard InChI is InChI=1S/C23H30O2.C2H6/c1-4-5-6-13-18-23(22(24)25-19(2)3,20-14-9-7-10-15-20)21-16-11-8-12-17-21;1-2/h7-12,14-17,19H,4-6,13,18H2,1-3H3;1-2H3. The van der Waals surface area contributed by atoms with E-state index in [9.17, 15) is 4.79 Å². The van der Waals surface area contributed by atoms with Crippen molar-refractivity contribution in [1.29, 1.82) is 0 Å². The number of unbranched alkanes of at least 4 members (excludes halogenated alkanes) is 3. The van der Waals surface area contributed by atoms with E-state index >= 15 is 0 Å². The minimum absolute atomic E-state index is 0.130. The third kappa shape index (κ3) is 6.23. The van der Waals surface area contributed by atoms with Crippen molar-refractivity contribution in [2.45, 2.75) is 78.2 Å². The molecule has 0 saturated carbocycles. The van der Waals surface area contributed by atoms with Gasteiger partial charge in [0.15, 0.2) is 0 Å². The van der Waals surface area contributed by atoms with Crippen LogP contribution in [-0.4, -0.2) is 12.1 Å². The summed E-state index contributed by atoms with van der Waals surface area (Å²) >= 11 is 0. The van der Waals surface area contributed by atoms with Gasteiger partial charge in [-0.1, -0.05) is 107 Å². The van der Waals surface area contributed by atoms with Gasteiger partial charge < -0.3 is 4.74 Å². The van der Waals surface area contributed by atoms with Gasteiger partial charge in [0.25, 0.3) is 0 Å². The molecule has 0 bridgehead atoms. The smallest absolute Gasteiger partial charge is 0.321 e. The van der Waals surface area contributed by atoms with Crippen molar-refractivity contribution in [3.63, 3.8) is 0 Å². The van der Waals surface area contributed by atoms with Crippen LogP contribution >= 0.6 is 0 Å². The summed E-state index contributed by atoms with van der Waals surface area (Å²) in [5.41, 5.74) is 1.30. The van der Waals surface area contributed by atoms with Gasteiger partial charge in [-0.2, -0.15) is 0 Å². The molecule has 2 aromatic carbocycles. The lowest BCUT2D eigenvalue weighted by atomic mass is 9.71. The monoisotopic (exact) mass is 368 g/mol. The Hall–Kier alpha value is -2.09. The molecule has 27 heavy (non-hydrogen) atoms. The van der Waals surface area contributed by atoms with Crippen LogP contribution in [0.1, 0.15) is 77.8 Å². The fourth-order valence-electron chi connectivity index (χ4n) is 3.37. The molecule has 0 aromatic heterocycles. The lowest BCUT2D eigenvalue weighted by Crippen LogP contribution is -2.40. The van der Waals surface area contributed by atoms with Gasteiger partial charge in [0.05, 0.1) is 6.10 Å². The fourth-order valence-corrected chi connectivity index (χ4v) is 3.37. The summed E-state index contributed by atoms with van der Waals surface area (Å²) < 4.78 is 5.74. The first kappa shape index (κ1) is 23.0. The second-order valence-electron chi connectivity index (χ2n) is 6.90. The topological polar surface area (TPSA) is 26.3 Å². The number of hydrogen-bond acceptors (Lipinski definition) is 2. The first-order valence-electron chi connectivity index (χ1n) is 10.4. The van der Waals surface area contributed by atoms with Crippen LogP contribution in [0.4, 0.5) is 0 Å². The molecule has 0 fully saturated rings. The first-order valence-corrected chi connectivity index (χ1v) is 10.4. The van der Waals surface area contributed by atoms with Crippen molar-refractivity contribution in [2.24, 2.45) is 0 Å². The fraction of sp³-hybridized carbons (Fsp3) is 0.480. The van der Waals surface area contributed by atoms with Crippen molar-refractivity contribution >= 4 is 5.97 Å². The third-order valence-electron chi connectivity index (χ3n) is 4.63. The summed E-state index contributed by atoms with van der Waals surface area (Å²) in [5, 5.41) is 0. The van der Waals surface area contributed by atoms with Crippen molar-refractivity contribution < 1.29 is 9.53 Å². The van der Waals surface area contributed by atoms with Gasteiger partial charge in [0.2, 0.25) is 0 Å². The minimum atomic E-state index is -0.736. The molecule has 0 unspecified atom stereocenters. The average molecular weight is 369 g/mol. The highest BCUT2D eigenvalue weighted by atomic mass is 16.5. The Bertz CT molecular complexity index is 592. The van der Waals surface area contributed by atoms with Crippen molar-refractivity contribution in [3.8, 4) is 0 Å². The largest absolute Gasteiger partial charge is 0.462 e. The molecule has 0 spiro atoms. The quantitative estimate of drug-likeness (QED) is 0.354. The molecule has 0 aliphatic carbocycles. The molecule has 0 N–H and O–H groups in total. The van der Waals surface area contributed by atoms with E-state index in [1.165, 1.54) is 12.8 Å². The summed E-state index contributed by atoms with van der Waals surface area (Å²) in [6.45, 7) is 10.0. The Morgan fingerprint density at radius 3 is 1.74 bits per heavy atom. The van der Waals surface area contributed by atoms with Gasteiger partial charge in [-0.25, -0.2) is 0 Å². The number of hydrogen-bond donors (Lipinski definition) is 0. The molecule has 0 radical (unpaired) electrons. The molecule has 2 heteroatoms. The van der Waals surface area contributed by atoms with Gasteiger partial charge >= 0.3 is 5.97 Å². The Morgan fingerprint density at radius 1 is 0.852 bits per heavy atom. The molecule has 0 heterocycles. The predicted octanol–water partition coefficient (Wildman–Crippen LogP) is 6.92. The summed E-state index contributed by atoms with van der Waals surface area (Å²) in [4.78, 5) is 13.3. The number of benzene rings is 2. The molecule has 0 amide bonds. The lowest BCUT2D eigenvalue weighted by Gasteiger charge is -2.33. The van der Waals surface area contributed by atoms with Crippen LogP contribution in [0.25, 0.3) is 0 Å². The third-order valence-corrected chi connectivity index (χ3v) is 4.63. The van der Waals surface area contributed by atoms with E-state index in [2.05, 4.69) is 31.2 Å². The molecule has 2 aromatic rings. The Morgan fingerprint density at radius 2 is 1.33 bits per heavy atom. The molecule has 0 aliphatic heterocycles. The maximum atomic E-state index is 13.3. The van der Waals surface area contributed by atoms with Crippen LogP contribution in [0.5, 0.6) is 0 Å². The normalized spacial score (nSPS) is 10.9. The van der Waals surface area contributed by atoms with Gasteiger partial charge in [0.1, 0.15) is 5.41 Å². The first-order chi connectivity index (χ1) is 13.1. The molecule has 0 aliphatic rings. The van der Waals surface area contributed by atoms with E-state index in [1.54, 1.807) is 0 Å². The highest BCUT2D eigenvalue weighted by Gasteiger charge is 2.43. The maximum Gasteiger partial charge on any atom is 0.321 e. The van der Waals surface area contributed by atoms with E-state index in [1.807, 2.05) is 64.1 Å². The second kappa shape index (κ2) is 12.3. The van der Waals surface area contributed by atoms with Crippen LogP contribution in [0.15, 0.2) is 60.7 Å². The van der Waals surface area contributed by atoms with E-state index in [0.717, 1.165) is 30.4 Å². The number of carbonyl (C=O) groups is 1. The minimum Gasteiger partial charge on any atom is -0.462 e. The Balaban J connectivity index is 0.00000176. The predicted molar refractivity (Wildman–Crippen MR) is 115 cm³/mol. The van der Waals surface area contributed by atoms with Crippen molar-refractivity contribution in [1.82, 2.24) is 0 Å². The summed E-state index contributed by atoms with van der Waals surface area (Å²) in [6.07, 6.45) is 5.15. The zero-order chi connectivity index (χ0) is 20.1. The zero-order valence-electron chi connectivity index (χ0n) is 17.7. The number of ether oxygens (including phenoxy) is 1. The molecule has 0 atom stereocenters. The van der Waals surface area contributed by atoms with Gasteiger partial charge in [0, 0.05) is 0 Å². The summed E-state index contributed by atoms with van der Waals surface area (Å²) in [6, 6.07) is 20.2. The van der Waals surface area contributed by atoms with Gasteiger partial charge in [-0.3, -0.25) is 4.79 Å². The Kier molecular flexibility index (Phi) is 10.5. The van der Waals surface area contributed by atoms with E-state index in [0.29, 0.717) is 0 Å².